The molecule has 2 atom stereocenters. The lowest BCUT2D eigenvalue weighted by molar-refractivity contribution is 0.0303. The first-order valence-electron chi connectivity index (χ1n) is 4.55. The average molecular weight is 247 g/mol. The standard InChI is InChI=1S/C8H10FN3O3S/c9-5-6(11-8(14)12-7(5)10)3-2-16-4(1-13)15-3/h3-4,13H,1-2H2,(H3,10,11,12,14)/t3-,4-/m1/s1. The summed E-state index contributed by atoms with van der Waals surface area (Å²) < 4.78 is 18.9. The topological polar surface area (TPSA) is 101 Å². The van der Waals surface area contributed by atoms with Gasteiger partial charge in [0.05, 0.1) is 12.3 Å². The van der Waals surface area contributed by atoms with Crippen molar-refractivity contribution in [3.05, 3.63) is 22.0 Å². The predicted molar refractivity (Wildman–Crippen MR) is 56.4 cm³/mol. The number of nitrogens with one attached hydrogen (secondary N) is 1. The summed E-state index contributed by atoms with van der Waals surface area (Å²) in [5, 5.41) is 8.86. The zero-order chi connectivity index (χ0) is 11.7. The maximum absolute atomic E-state index is 13.6. The lowest BCUT2D eigenvalue weighted by Crippen LogP contribution is -2.21. The molecule has 0 saturated carbocycles. The summed E-state index contributed by atoms with van der Waals surface area (Å²) in [6.07, 6.45) is -0.611. The Morgan fingerprint density at radius 1 is 1.75 bits per heavy atom. The molecule has 0 spiro atoms. The fourth-order valence-electron chi connectivity index (χ4n) is 1.42. The van der Waals surface area contributed by atoms with Gasteiger partial charge in [0.15, 0.2) is 11.6 Å². The van der Waals surface area contributed by atoms with Crippen LogP contribution in [0.1, 0.15) is 11.8 Å². The monoisotopic (exact) mass is 247 g/mol. The number of aliphatic hydroxyl groups is 1. The van der Waals surface area contributed by atoms with E-state index in [2.05, 4.69) is 9.97 Å². The zero-order valence-electron chi connectivity index (χ0n) is 8.14. The molecule has 1 aromatic heterocycles. The first kappa shape index (κ1) is 11.4. The van der Waals surface area contributed by atoms with Crippen molar-refractivity contribution >= 4 is 17.6 Å². The minimum Gasteiger partial charge on any atom is -0.393 e. The van der Waals surface area contributed by atoms with Crippen molar-refractivity contribution in [1.82, 2.24) is 9.97 Å². The van der Waals surface area contributed by atoms with Crippen molar-refractivity contribution in [2.75, 3.05) is 18.1 Å². The van der Waals surface area contributed by atoms with E-state index in [1.807, 2.05) is 0 Å². The van der Waals surface area contributed by atoms with E-state index in [9.17, 15) is 9.18 Å². The Morgan fingerprint density at radius 3 is 3.12 bits per heavy atom. The Balaban J connectivity index is 2.31. The number of nitrogens with zero attached hydrogens (tertiary/aromatic N) is 1. The summed E-state index contributed by atoms with van der Waals surface area (Å²) in [5.74, 6) is -0.773. The van der Waals surface area contributed by atoms with Gasteiger partial charge in [0.1, 0.15) is 11.5 Å². The predicted octanol–water partition coefficient (Wildman–Crippen LogP) is -0.386. The van der Waals surface area contributed by atoms with Crippen molar-refractivity contribution in [3.8, 4) is 0 Å². The first-order valence-corrected chi connectivity index (χ1v) is 5.59. The van der Waals surface area contributed by atoms with Crippen LogP contribution in [-0.2, 0) is 4.74 Å². The number of aromatic nitrogens is 2. The number of hydrogen-bond donors (Lipinski definition) is 3. The minimum atomic E-state index is -0.774. The van der Waals surface area contributed by atoms with Gasteiger partial charge in [-0.2, -0.15) is 4.98 Å². The number of ether oxygens (including phenoxy) is 1. The third kappa shape index (κ3) is 2.04. The van der Waals surface area contributed by atoms with Crippen LogP contribution in [0.4, 0.5) is 10.2 Å². The molecular weight excluding hydrogens is 237 g/mol. The number of thioether (sulfide) groups is 1. The number of nitrogens with two attached hydrogens (primary N) is 1. The second kappa shape index (κ2) is 4.40. The van der Waals surface area contributed by atoms with Crippen LogP contribution in [0.3, 0.4) is 0 Å². The summed E-state index contributed by atoms with van der Waals surface area (Å²) in [5.41, 5.74) is 4.11. The van der Waals surface area contributed by atoms with E-state index in [0.717, 1.165) is 0 Å². The molecule has 0 aromatic carbocycles. The molecule has 1 saturated heterocycles. The molecule has 2 heterocycles. The lowest BCUT2D eigenvalue weighted by Gasteiger charge is -2.11. The molecule has 0 bridgehead atoms. The highest BCUT2D eigenvalue weighted by Crippen LogP contribution is 2.35. The fraction of sp³-hybridized carbons (Fsp3) is 0.500. The van der Waals surface area contributed by atoms with Crippen molar-refractivity contribution in [1.29, 1.82) is 0 Å². The molecule has 6 nitrogen and oxygen atoms in total. The minimum absolute atomic E-state index is 0.0130. The number of H-pyrrole nitrogens is 1. The maximum Gasteiger partial charge on any atom is 0.347 e. The second-order valence-electron chi connectivity index (χ2n) is 3.23. The Bertz CT molecular complexity index is 453. The number of nitrogen functional groups attached to an aromatic ring is 1. The highest BCUT2D eigenvalue weighted by Gasteiger charge is 2.30. The van der Waals surface area contributed by atoms with E-state index in [1.54, 1.807) is 0 Å². The van der Waals surface area contributed by atoms with Crippen LogP contribution in [-0.4, -0.2) is 32.9 Å². The molecule has 0 aliphatic carbocycles. The average Bonchev–Trinajstić information content (AvgIpc) is 2.71. The molecule has 16 heavy (non-hydrogen) atoms. The highest BCUT2D eigenvalue weighted by atomic mass is 32.2. The van der Waals surface area contributed by atoms with Gasteiger partial charge < -0.3 is 20.6 Å². The number of hydrogen-bond acceptors (Lipinski definition) is 6. The van der Waals surface area contributed by atoms with Crippen LogP contribution in [0, 0.1) is 5.82 Å². The first-order chi connectivity index (χ1) is 7.61. The van der Waals surface area contributed by atoms with Crippen LogP contribution in [0.15, 0.2) is 4.79 Å². The Kier molecular flexibility index (Phi) is 3.13. The van der Waals surface area contributed by atoms with Crippen LogP contribution >= 0.6 is 11.8 Å². The van der Waals surface area contributed by atoms with Crippen LogP contribution in [0.2, 0.25) is 0 Å². The van der Waals surface area contributed by atoms with E-state index in [4.69, 9.17) is 15.6 Å². The Morgan fingerprint density at radius 2 is 2.50 bits per heavy atom. The summed E-state index contributed by atoms with van der Waals surface area (Å²) in [6.45, 7) is -0.159. The summed E-state index contributed by atoms with van der Waals surface area (Å²) in [4.78, 5) is 16.5. The number of aliphatic hydroxyl groups excluding tert-OH is 1. The maximum atomic E-state index is 13.6. The molecular formula is C8H10FN3O3S. The fourth-order valence-corrected chi connectivity index (χ4v) is 2.37. The van der Waals surface area contributed by atoms with E-state index >= 15 is 0 Å². The van der Waals surface area contributed by atoms with E-state index in [0.29, 0.717) is 5.75 Å². The highest BCUT2D eigenvalue weighted by molar-refractivity contribution is 8.00. The molecule has 88 valence electrons. The van der Waals surface area contributed by atoms with Crippen molar-refractivity contribution in [3.63, 3.8) is 0 Å². The van der Waals surface area contributed by atoms with E-state index in [-0.39, 0.29) is 12.3 Å². The largest absolute Gasteiger partial charge is 0.393 e. The number of anilines is 1. The number of rotatable bonds is 2. The zero-order valence-corrected chi connectivity index (χ0v) is 8.96. The molecule has 4 N–H and O–H groups in total. The molecule has 8 heteroatoms. The molecule has 1 aliphatic rings. The van der Waals surface area contributed by atoms with Gasteiger partial charge in [0.2, 0.25) is 0 Å². The van der Waals surface area contributed by atoms with E-state index < -0.39 is 28.9 Å². The quantitative estimate of drug-likeness (QED) is 0.658. The van der Waals surface area contributed by atoms with Gasteiger partial charge in [-0.25, -0.2) is 9.18 Å². The SMILES string of the molecule is Nc1nc(=O)[nH]c([C@H]2CS[C@H](CO)O2)c1F. The van der Waals surface area contributed by atoms with Gasteiger partial charge in [-0.15, -0.1) is 11.8 Å². The van der Waals surface area contributed by atoms with Gasteiger partial charge in [0.25, 0.3) is 0 Å². The molecule has 0 unspecified atom stereocenters. The van der Waals surface area contributed by atoms with E-state index in [1.165, 1.54) is 11.8 Å². The third-order valence-electron chi connectivity index (χ3n) is 2.15. The summed E-state index contributed by atoms with van der Waals surface area (Å²) in [6, 6.07) is 0. The summed E-state index contributed by atoms with van der Waals surface area (Å²) in [7, 11) is 0. The smallest absolute Gasteiger partial charge is 0.347 e. The van der Waals surface area contributed by atoms with Crippen LogP contribution in [0.25, 0.3) is 0 Å². The van der Waals surface area contributed by atoms with Gasteiger partial charge in [-0.05, 0) is 0 Å². The number of halogens is 1. The summed E-state index contributed by atoms with van der Waals surface area (Å²) >= 11 is 1.34. The Hall–Kier alpha value is -1.12. The molecule has 1 aromatic rings. The van der Waals surface area contributed by atoms with Crippen LogP contribution < -0.4 is 11.4 Å². The number of aromatic amines is 1. The molecule has 1 fully saturated rings. The van der Waals surface area contributed by atoms with Crippen molar-refractivity contribution < 1.29 is 14.2 Å². The molecule has 2 rings (SSSR count). The molecule has 0 amide bonds. The van der Waals surface area contributed by atoms with Gasteiger partial charge >= 0.3 is 5.69 Å². The third-order valence-corrected chi connectivity index (χ3v) is 3.27. The molecule has 1 aliphatic heterocycles. The lowest BCUT2D eigenvalue weighted by atomic mass is 10.2. The molecule has 0 radical (unpaired) electrons. The van der Waals surface area contributed by atoms with Crippen molar-refractivity contribution in [2.45, 2.75) is 11.5 Å². The van der Waals surface area contributed by atoms with Gasteiger partial charge in [-0.1, -0.05) is 0 Å². The van der Waals surface area contributed by atoms with Crippen molar-refractivity contribution in [2.24, 2.45) is 0 Å². The van der Waals surface area contributed by atoms with Gasteiger partial charge in [0, 0.05) is 5.75 Å². The van der Waals surface area contributed by atoms with Crippen LogP contribution in [0.5, 0.6) is 0 Å². The normalized spacial score (nSPS) is 24.9. The second-order valence-corrected chi connectivity index (χ2v) is 4.42. The Labute approximate surface area is 94.0 Å². The van der Waals surface area contributed by atoms with Gasteiger partial charge in [-0.3, -0.25) is 0 Å².